The Labute approximate surface area is 150 Å². The Bertz CT molecular complexity index is 1100. The molecule has 2 aliphatic rings. The van der Waals surface area contributed by atoms with Gasteiger partial charge in [-0.2, -0.15) is 10.2 Å². The van der Waals surface area contributed by atoms with Crippen LogP contribution in [0.25, 0.3) is 22.8 Å². The highest BCUT2D eigenvalue weighted by atomic mass is 16.2. The predicted octanol–water partition coefficient (Wildman–Crippen LogP) is 4.84. The molecular weight excluding hydrogens is 324 g/mol. The van der Waals surface area contributed by atoms with Gasteiger partial charge in [-0.05, 0) is 35.4 Å². The van der Waals surface area contributed by atoms with Gasteiger partial charge in [-0.1, -0.05) is 30.3 Å². The van der Waals surface area contributed by atoms with Crippen molar-refractivity contribution >= 4 is 28.9 Å². The van der Waals surface area contributed by atoms with Crippen LogP contribution in [0.4, 0.5) is 11.4 Å². The fraction of sp³-hybridized carbons (Fsp3) is 0.0476. The van der Waals surface area contributed by atoms with Crippen LogP contribution < -0.4 is 5.32 Å². The van der Waals surface area contributed by atoms with Gasteiger partial charge < -0.3 is 5.32 Å². The zero-order valence-electron chi connectivity index (χ0n) is 13.8. The number of hydrogen-bond acceptors (Lipinski definition) is 4. The lowest BCUT2D eigenvalue weighted by Crippen LogP contribution is -2.03. The molecule has 2 aromatic carbocycles. The van der Waals surface area contributed by atoms with E-state index >= 15 is 0 Å². The van der Waals surface area contributed by atoms with E-state index in [-0.39, 0.29) is 5.91 Å². The van der Waals surface area contributed by atoms with Crippen molar-refractivity contribution in [3.63, 3.8) is 0 Å². The summed E-state index contributed by atoms with van der Waals surface area (Å²) in [4.78, 5) is 16.6. The quantitative estimate of drug-likeness (QED) is 0.680. The molecule has 0 fully saturated rings. The fourth-order valence-electron chi connectivity index (χ4n) is 3.30. The minimum atomic E-state index is -0.0922. The number of nitrogens with one attached hydrogen (secondary N) is 1. The van der Waals surface area contributed by atoms with E-state index in [0.717, 1.165) is 39.2 Å². The van der Waals surface area contributed by atoms with E-state index in [1.54, 1.807) is 6.20 Å². The van der Waals surface area contributed by atoms with E-state index < -0.39 is 0 Å². The smallest absolute Gasteiger partial charge is 0.256 e. The molecule has 0 saturated carbocycles. The molecule has 0 radical (unpaired) electrons. The van der Waals surface area contributed by atoms with Gasteiger partial charge in [-0.15, -0.1) is 0 Å². The second-order valence-corrected chi connectivity index (χ2v) is 6.30. The van der Waals surface area contributed by atoms with Crippen molar-refractivity contribution < 1.29 is 4.79 Å². The minimum absolute atomic E-state index is 0.0922. The molecule has 3 aromatic rings. The van der Waals surface area contributed by atoms with Crippen molar-refractivity contribution in [1.82, 2.24) is 4.98 Å². The summed E-state index contributed by atoms with van der Waals surface area (Å²) < 4.78 is 0. The molecule has 0 aliphatic carbocycles. The monoisotopic (exact) mass is 338 g/mol. The molecule has 5 heteroatoms. The molecule has 0 bridgehead atoms. The number of anilines is 1. The number of nitrogens with zero attached hydrogens (tertiary/aromatic N) is 3. The van der Waals surface area contributed by atoms with Crippen molar-refractivity contribution in [3.8, 4) is 11.1 Å². The molecule has 124 valence electrons. The van der Waals surface area contributed by atoms with E-state index in [1.165, 1.54) is 0 Å². The third kappa shape index (κ3) is 2.41. The first-order valence-corrected chi connectivity index (χ1v) is 8.36. The summed E-state index contributed by atoms with van der Waals surface area (Å²) in [6.45, 7) is 0.632. The predicted molar refractivity (Wildman–Crippen MR) is 101 cm³/mol. The van der Waals surface area contributed by atoms with Crippen LogP contribution in [0.5, 0.6) is 0 Å². The van der Waals surface area contributed by atoms with Gasteiger partial charge in [0.25, 0.3) is 5.91 Å². The molecule has 1 amide bonds. The van der Waals surface area contributed by atoms with Gasteiger partial charge in [-0.3, -0.25) is 9.78 Å². The molecule has 0 unspecified atom stereocenters. The Morgan fingerprint density at radius 3 is 2.88 bits per heavy atom. The van der Waals surface area contributed by atoms with Crippen molar-refractivity contribution in [1.29, 1.82) is 0 Å². The zero-order chi connectivity index (χ0) is 17.5. The van der Waals surface area contributed by atoms with E-state index in [1.807, 2.05) is 60.8 Å². The first kappa shape index (κ1) is 14.7. The highest BCUT2D eigenvalue weighted by molar-refractivity contribution is 6.35. The molecule has 5 nitrogen and oxygen atoms in total. The van der Waals surface area contributed by atoms with Crippen LogP contribution in [0.1, 0.15) is 16.7 Å². The third-order valence-corrected chi connectivity index (χ3v) is 4.64. The second kappa shape index (κ2) is 5.74. The largest absolute Gasteiger partial charge is 0.321 e. The Hall–Kier alpha value is -3.60. The standard InChI is InChI=1S/C21H14N4O/c26-21-18(8-13-3-4-16-12-23-25-19(16)9-13)17-6-5-14(10-20(17)24-21)15-2-1-7-22-11-15/h1-11H,12H2,(H,24,26)/b18-8+. The van der Waals surface area contributed by atoms with Gasteiger partial charge in [0.2, 0.25) is 0 Å². The van der Waals surface area contributed by atoms with E-state index in [0.29, 0.717) is 12.1 Å². The second-order valence-electron chi connectivity index (χ2n) is 6.30. The molecular formula is C21H14N4O. The van der Waals surface area contributed by atoms with Gasteiger partial charge in [-0.25, -0.2) is 0 Å². The maximum absolute atomic E-state index is 12.5. The van der Waals surface area contributed by atoms with Crippen LogP contribution in [0.15, 0.2) is 71.2 Å². The summed E-state index contributed by atoms with van der Waals surface area (Å²) in [5, 5.41) is 11.1. The highest BCUT2D eigenvalue weighted by Gasteiger charge is 2.24. The van der Waals surface area contributed by atoms with Gasteiger partial charge in [0.05, 0.1) is 12.2 Å². The lowest BCUT2D eigenvalue weighted by molar-refractivity contribution is -0.110. The average Bonchev–Trinajstić information content (AvgIpc) is 3.26. The lowest BCUT2D eigenvalue weighted by atomic mass is 9.99. The topological polar surface area (TPSA) is 66.7 Å². The van der Waals surface area contributed by atoms with E-state index in [9.17, 15) is 4.79 Å². The SMILES string of the molecule is O=C1Nc2cc(-c3cccnc3)ccc2/C1=C\c1ccc2c(c1)N=NC2. The summed E-state index contributed by atoms with van der Waals surface area (Å²) in [5.41, 5.74) is 7.37. The first-order valence-electron chi connectivity index (χ1n) is 8.36. The number of carbonyl (C=O) groups is 1. The number of rotatable bonds is 2. The van der Waals surface area contributed by atoms with Crippen LogP contribution in [0, 0.1) is 0 Å². The van der Waals surface area contributed by atoms with Crippen LogP contribution in [0.2, 0.25) is 0 Å². The summed E-state index contributed by atoms with van der Waals surface area (Å²) in [5.74, 6) is -0.0922. The van der Waals surface area contributed by atoms with Crippen LogP contribution >= 0.6 is 0 Å². The number of fused-ring (bicyclic) bond motifs is 2. The Balaban J connectivity index is 1.55. The van der Waals surface area contributed by atoms with Crippen molar-refractivity contribution in [2.24, 2.45) is 10.2 Å². The fourth-order valence-corrected chi connectivity index (χ4v) is 3.30. The summed E-state index contributed by atoms with van der Waals surface area (Å²) in [6.07, 6.45) is 5.46. The van der Waals surface area contributed by atoms with Gasteiger partial charge in [0.15, 0.2) is 0 Å². The number of aromatic nitrogens is 1. The molecule has 5 rings (SSSR count). The van der Waals surface area contributed by atoms with Crippen LogP contribution in [0.3, 0.4) is 0 Å². The molecule has 2 aliphatic heterocycles. The van der Waals surface area contributed by atoms with Crippen molar-refractivity contribution in [2.45, 2.75) is 6.54 Å². The van der Waals surface area contributed by atoms with Gasteiger partial charge in [0.1, 0.15) is 0 Å². The Morgan fingerprint density at radius 1 is 1.04 bits per heavy atom. The number of pyridine rings is 1. The summed E-state index contributed by atoms with van der Waals surface area (Å²) >= 11 is 0. The molecule has 1 N–H and O–H groups in total. The Morgan fingerprint density at radius 2 is 2.00 bits per heavy atom. The number of benzene rings is 2. The molecule has 3 heterocycles. The maximum Gasteiger partial charge on any atom is 0.256 e. The summed E-state index contributed by atoms with van der Waals surface area (Å²) in [7, 11) is 0. The average molecular weight is 338 g/mol. The molecule has 26 heavy (non-hydrogen) atoms. The number of carbonyl (C=O) groups excluding carboxylic acids is 1. The summed E-state index contributed by atoms with van der Waals surface area (Å²) in [6, 6.07) is 15.9. The highest BCUT2D eigenvalue weighted by Crippen LogP contribution is 2.37. The number of amides is 1. The van der Waals surface area contributed by atoms with Crippen molar-refractivity contribution in [2.75, 3.05) is 5.32 Å². The molecule has 0 atom stereocenters. The molecule has 1 aromatic heterocycles. The number of azo groups is 1. The van der Waals surface area contributed by atoms with Crippen LogP contribution in [-0.2, 0) is 11.3 Å². The van der Waals surface area contributed by atoms with Crippen molar-refractivity contribution in [3.05, 3.63) is 77.6 Å². The van der Waals surface area contributed by atoms with Gasteiger partial charge >= 0.3 is 0 Å². The molecule has 0 saturated heterocycles. The zero-order valence-corrected chi connectivity index (χ0v) is 13.8. The number of hydrogen-bond donors (Lipinski definition) is 1. The minimum Gasteiger partial charge on any atom is -0.321 e. The lowest BCUT2D eigenvalue weighted by Gasteiger charge is -2.04. The normalized spacial score (nSPS) is 15.8. The van der Waals surface area contributed by atoms with E-state index in [2.05, 4.69) is 20.5 Å². The maximum atomic E-state index is 12.5. The Kier molecular flexibility index (Phi) is 3.25. The van der Waals surface area contributed by atoms with E-state index in [4.69, 9.17) is 0 Å². The molecule has 0 spiro atoms. The third-order valence-electron chi connectivity index (χ3n) is 4.64. The first-order chi connectivity index (χ1) is 12.8. The van der Waals surface area contributed by atoms with Gasteiger partial charge in [0, 0.05) is 40.3 Å². The van der Waals surface area contributed by atoms with Crippen LogP contribution in [-0.4, -0.2) is 10.9 Å².